The first kappa shape index (κ1) is 17.2. The first-order chi connectivity index (χ1) is 11.3. The lowest BCUT2D eigenvalue weighted by Gasteiger charge is -2.31. The molecular weight excluding hydrogens is 310 g/mol. The molecule has 132 valence electrons. The highest BCUT2D eigenvalue weighted by Gasteiger charge is 2.45. The molecule has 4 atom stereocenters. The third-order valence-electron chi connectivity index (χ3n) is 5.55. The van der Waals surface area contributed by atoms with Crippen LogP contribution in [0.3, 0.4) is 0 Å². The molecule has 3 aliphatic heterocycles. The van der Waals surface area contributed by atoms with Crippen LogP contribution in [-0.4, -0.2) is 59.4 Å². The number of hydrogen-bond acceptors (Lipinski definition) is 6. The maximum absolute atomic E-state index is 12.5. The van der Waals surface area contributed by atoms with E-state index in [1.165, 1.54) is 6.92 Å². The van der Waals surface area contributed by atoms with Crippen molar-refractivity contribution in [1.82, 2.24) is 4.90 Å². The van der Waals surface area contributed by atoms with Gasteiger partial charge in [0.1, 0.15) is 12.7 Å². The van der Waals surface area contributed by atoms with Crippen LogP contribution in [0.2, 0.25) is 0 Å². The fourth-order valence-corrected chi connectivity index (χ4v) is 3.68. The molecule has 0 bridgehead atoms. The van der Waals surface area contributed by atoms with Crippen molar-refractivity contribution in [3.05, 3.63) is 23.3 Å². The molecule has 0 spiro atoms. The number of ether oxygens (including phenoxy) is 2. The molecule has 6 heteroatoms. The summed E-state index contributed by atoms with van der Waals surface area (Å²) in [6.45, 7) is 6.71. The van der Waals surface area contributed by atoms with Crippen molar-refractivity contribution in [3.8, 4) is 0 Å². The quantitative estimate of drug-likeness (QED) is 0.407. The van der Waals surface area contributed by atoms with Gasteiger partial charge in [-0.2, -0.15) is 0 Å². The number of carbonyl (C=O) groups is 2. The second-order valence-corrected chi connectivity index (χ2v) is 7.09. The van der Waals surface area contributed by atoms with Gasteiger partial charge in [-0.15, -0.1) is 0 Å². The van der Waals surface area contributed by atoms with Crippen LogP contribution >= 0.6 is 0 Å². The summed E-state index contributed by atoms with van der Waals surface area (Å²) >= 11 is 0. The molecular formula is C18H25NO5. The normalized spacial score (nSPS) is 39.6. The molecule has 0 unspecified atom stereocenters. The number of nitrogens with zero attached hydrogens (tertiary/aromatic N) is 1. The van der Waals surface area contributed by atoms with E-state index < -0.39 is 17.5 Å². The van der Waals surface area contributed by atoms with Crippen molar-refractivity contribution in [2.75, 3.05) is 19.7 Å². The molecule has 2 saturated heterocycles. The molecule has 0 aromatic carbocycles. The summed E-state index contributed by atoms with van der Waals surface area (Å²) in [5.74, 6) is -1.46. The van der Waals surface area contributed by atoms with Gasteiger partial charge in [0.05, 0.1) is 6.04 Å². The summed E-state index contributed by atoms with van der Waals surface area (Å²) in [6, 6.07) is -0.0262. The van der Waals surface area contributed by atoms with Gasteiger partial charge in [-0.25, -0.2) is 9.59 Å². The zero-order chi connectivity index (χ0) is 17.5. The fraction of sp³-hybridized carbons (Fsp3) is 0.667. The van der Waals surface area contributed by atoms with E-state index in [2.05, 4.69) is 4.90 Å². The second kappa shape index (κ2) is 6.33. The maximum atomic E-state index is 12.5. The van der Waals surface area contributed by atoms with Crippen LogP contribution in [-0.2, 0) is 19.1 Å². The summed E-state index contributed by atoms with van der Waals surface area (Å²) in [7, 11) is 0. The molecule has 0 aliphatic carbocycles. The number of esters is 2. The first-order valence-corrected chi connectivity index (χ1v) is 8.53. The first-order valence-electron chi connectivity index (χ1n) is 8.53. The monoisotopic (exact) mass is 335 g/mol. The molecule has 3 heterocycles. The second-order valence-electron chi connectivity index (χ2n) is 7.09. The van der Waals surface area contributed by atoms with Crippen molar-refractivity contribution in [2.24, 2.45) is 5.92 Å². The van der Waals surface area contributed by atoms with Crippen LogP contribution in [0.15, 0.2) is 23.3 Å². The van der Waals surface area contributed by atoms with Gasteiger partial charge < -0.3 is 14.6 Å². The molecule has 0 saturated carbocycles. The van der Waals surface area contributed by atoms with E-state index in [1.807, 2.05) is 6.08 Å². The Morgan fingerprint density at radius 2 is 2.17 bits per heavy atom. The van der Waals surface area contributed by atoms with Gasteiger partial charge in [0, 0.05) is 18.7 Å². The Hall–Kier alpha value is -1.66. The molecule has 3 rings (SSSR count). The zero-order valence-electron chi connectivity index (χ0n) is 14.4. The van der Waals surface area contributed by atoms with E-state index in [-0.39, 0.29) is 31.1 Å². The highest BCUT2D eigenvalue weighted by Crippen LogP contribution is 2.34. The average molecular weight is 335 g/mol. The van der Waals surface area contributed by atoms with Gasteiger partial charge in [0.15, 0.2) is 5.60 Å². The number of carbonyl (C=O) groups excluding carboxylic acids is 2. The molecule has 2 fully saturated rings. The number of cyclic esters (lactones) is 1. The van der Waals surface area contributed by atoms with Crippen LogP contribution in [0, 0.1) is 5.92 Å². The summed E-state index contributed by atoms with van der Waals surface area (Å²) in [4.78, 5) is 27.1. The number of aliphatic hydroxyl groups is 1. The van der Waals surface area contributed by atoms with E-state index in [0.717, 1.165) is 25.1 Å². The van der Waals surface area contributed by atoms with Crippen molar-refractivity contribution in [1.29, 1.82) is 0 Å². The average Bonchev–Trinajstić information content (AvgIpc) is 3.12. The van der Waals surface area contributed by atoms with Crippen molar-refractivity contribution in [3.63, 3.8) is 0 Å². The van der Waals surface area contributed by atoms with Gasteiger partial charge in [0.25, 0.3) is 0 Å². The number of hydrogen-bond donors (Lipinski definition) is 1. The highest BCUT2D eigenvalue weighted by molar-refractivity contribution is 5.89. The zero-order valence-corrected chi connectivity index (χ0v) is 14.4. The van der Waals surface area contributed by atoms with Gasteiger partial charge >= 0.3 is 11.9 Å². The summed E-state index contributed by atoms with van der Waals surface area (Å²) < 4.78 is 11.2. The van der Waals surface area contributed by atoms with Crippen molar-refractivity contribution >= 4 is 11.9 Å². The van der Waals surface area contributed by atoms with Gasteiger partial charge in [-0.05, 0) is 38.2 Å². The Labute approximate surface area is 142 Å². The lowest BCUT2D eigenvalue weighted by Crippen LogP contribution is -2.45. The largest absolute Gasteiger partial charge is 0.459 e. The molecule has 0 amide bonds. The maximum Gasteiger partial charge on any atom is 0.338 e. The molecule has 0 radical (unpaired) electrons. The Bertz CT molecular complexity index is 607. The predicted molar refractivity (Wildman–Crippen MR) is 87.1 cm³/mol. The molecule has 0 aromatic heterocycles. The standard InChI is InChI=1S/C18H25NO5/c1-4-12-9-11(2)18(3,22)17(21)23-10-13-5-7-19-8-6-14(15(13)19)24-16(12)20/h4-5,11,14-15,22H,6-10H2,1-3H3/b12-4-/t11-,14-,15-,18+/m1/s1. The molecule has 6 nitrogen and oxygen atoms in total. The van der Waals surface area contributed by atoms with Crippen LogP contribution in [0.1, 0.15) is 33.6 Å². The van der Waals surface area contributed by atoms with E-state index in [4.69, 9.17) is 9.47 Å². The number of rotatable bonds is 0. The third-order valence-corrected chi connectivity index (χ3v) is 5.55. The van der Waals surface area contributed by atoms with Crippen LogP contribution in [0.4, 0.5) is 0 Å². The van der Waals surface area contributed by atoms with Gasteiger partial charge in [-0.3, -0.25) is 4.90 Å². The molecule has 0 aromatic rings. The van der Waals surface area contributed by atoms with E-state index in [1.54, 1.807) is 19.9 Å². The minimum absolute atomic E-state index is 0.0262. The van der Waals surface area contributed by atoms with E-state index >= 15 is 0 Å². The molecule has 24 heavy (non-hydrogen) atoms. The van der Waals surface area contributed by atoms with Crippen LogP contribution in [0.5, 0.6) is 0 Å². The summed E-state index contributed by atoms with van der Waals surface area (Å²) in [5.41, 5.74) is -0.218. The smallest absolute Gasteiger partial charge is 0.338 e. The lowest BCUT2D eigenvalue weighted by atomic mass is 9.85. The lowest BCUT2D eigenvalue weighted by molar-refractivity contribution is -0.169. The van der Waals surface area contributed by atoms with Crippen molar-refractivity contribution in [2.45, 2.75) is 51.4 Å². The Morgan fingerprint density at radius 1 is 1.42 bits per heavy atom. The number of allylic oxidation sites excluding steroid dienone is 1. The third kappa shape index (κ3) is 2.89. The fourth-order valence-electron chi connectivity index (χ4n) is 3.68. The Kier molecular flexibility index (Phi) is 4.53. The minimum Gasteiger partial charge on any atom is -0.459 e. The Morgan fingerprint density at radius 3 is 2.88 bits per heavy atom. The topological polar surface area (TPSA) is 76.1 Å². The van der Waals surface area contributed by atoms with Crippen LogP contribution < -0.4 is 0 Å². The predicted octanol–water partition coefficient (Wildman–Crippen LogP) is 1.19. The Balaban J connectivity index is 1.91. The van der Waals surface area contributed by atoms with Gasteiger partial charge in [-0.1, -0.05) is 19.1 Å². The summed E-state index contributed by atoms with van der Waals surface area (Å²) in [5, 5.41) is 10.6. The van der Waals surface area contributed by atoms with Crippen LogP contribution in [0.25, 0.3) is 0 Å². The molecule has 1 N–H and O–H groups in total. The van der Waals surface area contributed by atoms with Gasteiger partial charge in [0.2, 0.25) is 0 Å². The minimum atomic E-state index is -1.65. The van der Waals surface area contributed by atoms with E-state index in [0.29, 0.717) is 5.57 Å². The SMILES string of the molecule is C/C=C1/C[C@@H](C)[C@](C)(O)C(=O)OCC2=CCN3CC[C@@H](OC1=O)[C@@H]23. The van der Waals surface area contributed by atoms with Crippen molar-refractivity contribution < 1.29 is 24.2 Å². The molecule has 3 aliphatic rings. The van der Waals surface area contributed by atoms with E-state index in [9.17, 15) is 14.7 Å². The summed E-state index contributed by atoms with van der Waals surface area (Å²) in [6.07, 6.45) is 4.56. The highest BCUT2D eigenvalue weighted by atomic mass is 16.6.